The van der Waals surface area contributed by atoms with Gasteiger partial charge < -0.3 is 10.6 Å². The number of nitrogens with one attached hydrogen (secondary N) is 1. The van der Waals surface area contributed by atoms with Gasteiger partial charge in [-0.1, -0.05) is 12.1 Å². The first-order valence-electron chi connectivity index (χ1n) is 5.86. The average Bonchev–Trinajstić information content (AvgIpc) is 2.94. The van der Waals surface area contributed by atoms with Crippen LogP contribution in [0.2, 0.25) is 0 Å². The van der Waals surface area contributed by atoms with E-state index in [4.69, 9.17) is 5.73 Å². The van der Waals surface area contributed by atoms with Crippen molar-refractivity contribution in [1.82, 2.24) is 10.2 Å². The van der Waals surface area contributed by atoms with E-state index in [2.05, 4.69) is 10.2 Å². The van der Waals surface area contributed by atoms with Crippen molar-refractivity contribution in [2.24, 2.45) is 5.73 Å². The van der Waals surface area contributed by atoms with Gasteiger partial charge in [-0.25, -0.2) is 0 Å². The molecule has 0 aliphatic carbocycles. The van der Waals surface area contributed by atoms with Gasteiger partial charge in [0, 0.05) is 25.0 Å². The minimum Gasteiger partial charge on any atom is -0.326 e. The molecule has 0 radical (unpaired) electrons. The van der Waals surface area contributed by atoms with Gasteiger partial charge >= 0.3 is 0 Å². The molecule has 0 spiro atoms. The van der Waals surface area contributed by atoms with Crippen molar-refractivity contribution < 1.29 is 4.79 Å². The number of hydrogen-bond acceptors (Lipinski definition) is 3. The molecule has 0 saturated carbocycles. The van der Waals surface area contributed by atoms with Crippen LogP contribution in [0.3, 0.4) is 0 Å². The van der Waals surface area contributed by atoms with E-state index in [0.29, 0.717) is 18.8 Å². The summed E-state index contributed by atoms with van der Waals surface area (Å²) >= 11 is 0. The first-order valence-corrected chi connectivity index (χ1v) is 5.86. The maximum Gasteiger partial charge on any atom is 0.276 e. The molecule has 1 heterocycles. The summed E-state index contributed by atoms with van der Waals surface area (Å²) in [5, 5.41) is 6.47. The van der Waals surface area contributed by atoms with Gasteiger partial charge in [-0.3, -0.25) is 9.89 Å². The van der Waals surface area contributed by atoms with Gasteiger partial charge in [-0.15, -0.1) is 0 Å². The number of nitrogens with two attached hydrogens (primary N) is 1. The summed E-state index contributed by atoms with van der Waals surface area (Å²) in [6.45, 7) is 3.03. The second-order valence-corrected chi connectivity index (χ2v) is 3.89. The molecule has 0 fully saturated rings. The van der Waals surface area contributed by atoms with E-state index in [1.165, 1.54) is 0 Å². The molecular formula is C13H16N4O. The third-order valence-electron chi connectivity index (χ3n) is 2.78. The summed E-state index contributed by atoms with van der Waals surface area (Å²) in [6, 6.07) is 9.33. The summed E-state index contributed by atoms with van der Waals surface area (Å²) in [4.78, 5) is 13.9. The van der Waals surface area contributed by atoms with E-state index in [-0.39, 0.29) is 5.91 Å². The van der Waals surface area contributed by atoms with Crippen LogP contribution in [0.5, 0.6) is 0 Å². The highest BCUT2D eigenvalue weighted by atomic mass is 16.2. The Labute approximate surface area is 106 Å². The Morgan fingerprint density at radius 3 is 2.56 bits per heavy atom. The van der Waals surface area contributed by atoms with Crippen LogP contribution in [-0.2, 0) is 6.54 Å². The van der Waals surface area contributed by atoms with E-state index in [9.17, 15) is 4.79 Å². The van der Waals surface area contributed by atoms with Crippen LogP contribution in [0.25, 0.3) is 0 Å². The monoisotopic (exact) mass is 244 g/mol. The Morgan fingerprint density at radius 2 is 2.06 bits per heavy atom. The molecule has 0 atom stereocenters. The normalized spacial score (nSPS) is 10.3. The highest BCUT2D eigenvalue weighted by Gasteiger charge is 2.16. The first-order chi connectivity index (χ1) is 8.76. The van der Waals surface area contributed by atoms with Crippen LogP contribution in [0, 0.1) is 0 Å². The Morgan fingerprint density at radius 1 is 1.33 bits per heavy atom. The molecule has 0 saturated heterocycles. The van der Waals surface area contributed by atoms with Crippen LogP contribution < -0.4 is 10.6 Å². The Balaban J connectivity index is 2.24. The van der Waals surface area contributed by atoms with E-state index in [1.54, 1.807) is 17.2 Å². The van der Waals surface area contributed by atoms with Gasteiger partial charge in [0.1, 0.15) is 5.69 Å². The van der Waals surface area contributed by atoms with Crippen LogP contribution in [-0.4, -0.2) is 22.6 Å². The Hall–Kier alpha value is -2.14. The maximum atomic E-state index is 12.2. The molecule has 0 aliphatic rings. The van der Waals surface area contributed by atoms with Gasteiger partial charge in [0.2, 0.25) is 0 Å². The summed E-state index contributed by atoms with van der Waals surface area (Å²) in [5.41, 5.74) is 7.94. The summed E-state index contributed by atoms with van der Waals surface area (Å²) < 4.78 is 0. The number of nitrogens with zero attached hydrogens (tertiary/aromatic N) is 2. The largest absolute Gasteiger partial charge is 0.326 e. The lowest BCUT2D eigenvalue weighted by Crippen LogP contribution is -2.30. The van der Waals surface area contributed by atoms with Crippen molar-refractivity contribution in [2.75, 3.05) is 11.4 Å². The number of rotatable bonds is 4. The molecule has 5 heteroatoms. The second-order valence-electron chi connectivity index (χ2n) is 3.89. The SMILES string of the molecule is CCN(C(=O)c1ccn[nH]1)c1ccc(CN)cc1. The van der Waals surface area contributed by atoms with Crippen molar-refractivity contribution in [3.05, 3.63) is 47.8 Å². The minimum atomic E-state index is -0.0875. The van der Waals surface area contributed by atoms with E-state index < -0.39 is 0 Å². The lowest BCUT2D eigenvalue weighted by atomic mass is 10.2. The molecular weight excluding hydrogens is 228 g/mol. The van der Waals surface area contributed by atoms with E-state index >= 15 is 0 Å². The third-order valence-corrected chi connectivity index (χ3v) is 2.78. The number of anilines is 1. The summed E-state index contributed by atoms with van der Waals surface area (Å²) in [7, 11) is 0. The van der Waals surface area contributed by atoms with Crippen molar-refractivity contribution in [1.29, 1.82) is 0 Å². The zero-order chi connectivity index (χ0) is 13.0. The number of amides is 1. The van der Waals surface area contributed by atoms with Crippen molar-refractivity contribution >= 4 is 11.6 Å². The number of aromatic nitrogens is 2. The van der Waals surface area contributed by atoms with Crippen LogP contribution in [0.1, 0.15) is 23.0 Å². The van der Waals surface area contributed by atoms with Gasteiger partial charge in [-0.05, 0) is 30.7 Å². The van der Waals surface area contributed by atoms with Gasteiger partial charge in [0.15, 0.2) is 0 Å². The lowest BCUT2D eigenvalue weighted by Gasteiger charge is -2.20. The molecule has 2 rings (SSSR count). The number of carbonyl (C=O) groups excluding carboxylic acids is 1. The first kappa shape index (κ1) is 12.3. The molecule has 94 valence electrons. The molecule has 18 heavy (non-hydrogen) atoms. The van der Waals surface area contributed by atoms with Crippen LogP contribution in [0.15, 0.2) is 36.5 Å². The Kier molecular flexibility index (Phi) is 3.74. The highest BCUT2D eigenvalue weighted by molar-refractivity contribution is 6.04. The highest BCUT2D eigenvalue weighted by Crippen LogP contribution is 2.17. The molecule has 1 aromatic carbocycles. The topological polar surface area (TPSA) is 75.0 Å². The standard InChI is InChI=1S/C13H16N4O/c1-2-17(13(18)12-7-8-15-16-12)11-5-3-10(9-14)4-6-11/h3-8H,2,9,14H2,1H3,(H,15,16). The quantitative estimate of drug-likeness (QED) is 0.856. The van der Waals surface area contributed by atoms with Gasteiger partial charge in [-0.2, -0.15) is 5.10 Å². The van der Waals surface area contributed by atoms with Gasteiger partial charge in [0.05, 0.1) is 0 Å². The van der Waals surface area contributed by atoms with Crippen LogP contribution in [0.4, 0.5) is 5.69 Å². The Bertz CT molecular complexity index is 504. The number of aromatic amines is 1. The zero-order valence-electron chi connectivity index (χ0n) is 10.3. The average molecular weight is 244 g/mol. The summed E-state index contributed by atoms with van der Waals surface area (Å²) in [6.07, 6.45) is 1.57. The van der Waals surface area contributed by atoms with E-state index in [1.807, 2.05) is 31.2 Å². The van der Waals surface area contributed by atoms with Crippen LogP contribution >= 0.6 is 0 Å². The summed E-state index contributed by atoms with van der Waals surface area (Å²) in [5.74, 6) is -0.0875. The fraction of sp³-hybridized carbons (Fsp3) is 0.231. The number of H-pyrrole nitrogens is 1. The molecule has 0 unspecified atom stereocenters. The fourth-order valence-electron chi connectivity index (χ4n) is 1.78. The predicted octanol–water partition coefficient (Wildman–Crippen LogP) is 1.54. The smallest absolute Gasteiger partial charge is 0.276 e. The molecule has 1 aromatic heterocycles. The fourth-order valence-corrected chi connectivity index (χ4v) is 1.78. The van der Waals surface area contributed by atoms with Crippen molar-refractivity contribution in [2.45, 2.75) is 13.5 Å². The molecule has 0 bridgehead atoms. The number of carbonyl (C=O) groups is 1. The number of hydrogen-bond donors (Lipinski definition) is 2. The number of benzene rings is 1. The van der Waals surface area contributed by atoms with Gasteiger partial charge in [0.25, 0.3) is 5.91 Å². The lowest BCUT2D eigenvalue weighted by molar-refractivity contribution is 0.0983. The minimum absolute atomic E-state index is 0.0875. The maximum absolute atomic E-state index is 12.2. The molecule has 3 N–H and O–H groups in total. The molecule has 0 aliphatic heterocycles. The van der Waals surface area contributed by atoms with Crippen molar-refractivity contribution in [3.63, 3.8) is 0 Å². The molecule has 5 nitrogen and oxygen atoms in total. The molecule has 2 aromatic rings. The van der Waals surface area contributed by atoms with Crippen molar-refractivity contribution in [3.8, 4) is 0 Å². The zero-order valence-corrected chi connectivity index (χ0v) is 10.3. The molecule has 1 amide bonds. The predicted molar refractivity (Wildman–Crippen MR) is 70.3 cm³/mol. The third kappa shape index (κ3) is 2.41. The second kappa shape index (κ2) is 5.46. The van der Waals surface area contributed by atoms with E-state index in [0.717, 1.165) is 11.3 Å².